The number of aromatic amines is 1. The molecule has 0 aliphatic rings. The van der Waals surface area contributed by atoms with Gasteiger partial charge in [-0.3, -0.25) is 0 Å². The number of halogens is 3. The van der Waals surface area contributed by atoms with Crippen molar-refractivity contribution in [1.82, 2.24) is 9.97 Å². The number of H-pyrrole nitrogens is 1. The van der Waals surface area contributed by atoms with Crippen LogP contribution >= 0.6 is 0 Å². The Morgan fingerprint density at radius 1 is 1.29 bits per heavy atom. The zero-order chi connectivity index (χ0) is 12.5. The van der Waals surface area contributed by atoms with Crippen molar-refractivity contribution in [3.63, 3.8) is 0 Å². The van der Waals surface area contributed by atoms with Crippen LogP contribution in [0.4, 0.5) is 13.2 Å². The molecule has 0 atom stereocenters. The first-order valence-electron chi connectivity index (χ1n) is 4.77. The van der Waals surface area contributed by atoms with Crippen LogP contribution in [0.1, 0.15) is 5.69 Å². The summed E-state index contributed by atoms with van der Waals surface area (Å²) in [4.78, 5) is 5.93. The number of benzene rings is 1. The lowest BCUT2D eigenvalue weighted by atomic mass is 10.2. The molecule has 2 rings (SSSR count). The van der Waals surface area contributed by atoms with Gasteiger partial charge in [0.2, 0.25) is 0 Å². The van der Waals surface area contributed by atoms with Gasteiger partial charge in [-0.1, -0.05) is 12.1 Å². The highest BCUT2D eigenvalue weighted by atomic mass is 19.4. The van der Waals surface area contributed by atoms with Gasteiger partial charge in [-0.2, -0.15) is 13.2 Å². The van der Waals surface area contributed by atoms with Gasteiger partial charge in [0.15, 0.2) is 0 Å². The lowest BCUT2D eigenvalue weighted by Gasteiger charge is -2.03. The van der Waals surface area contributed by atoms with E-state index in [1.54, 1.807) is 24.3 Å². The number of methoxy groups -OCH3 is 1. The zero-order valence-corrected chi connectivity index (χ0v) is 8.88. The van der Waals surface area contributed by atoms with Gasteiger partial charge in [-0.25, -0.2) is 4.98 Å². The van der Waals surface area contributed by atoms with Gasteiger partial charge in [0.05, 0.1) is 13.3 Å². The summed E-state index contributed by atoms with van der Waals surface area (Å²) in [6, 6.07) is 6.65. The normalized spacial score (nSPS) is 11.5. The molecule has 1 aromatic heterocycles. The zero-order valence-electron chi connectivity index (χ0n) is 8.88. The second-order valence-corrected chi connectivity index (χ2v) is 3.38. The third-order valence-corrected chi connectivity index (χ3v) is 2.22. The van der Waals surface area contributed by atoms with Gasteiger partial charge in [0.25, 0.3) is 0 Å². The van der Waals surface area contributed by atoms with Crippen molar-refractivity contribution in [1.29, 1.82) is 0 Å². The van der Waals surface area contributed by atoms with Crippen LogP contribution in [-0.4, -0.2) is 17.1 Å². The van der Waals surface area contributed by atoms with Crippen molar-refractivity contribution >= 4 is 0 Å². The lowest BCUT2D eigenvalue weighted by molar-refractivity contribution is -0.140. The molecule has 6 heteroatoms. The fraction of sp³-hybridized carbons (Fsp3) is 0.182. The average molecular weight is 242 g/mol. The second-order valence-electron chi connectivity index (χ2n) is 3.38. The van der Waals surface area contributed by atoms with Crippen molar-refractivity contribution in [3.05, 3.63) is 36.2 Å². The third kappa shape index (κ3) is 2.41. The Balaban J connectivity index is 2.37. The number of imidazole rings is 1. The molecule has 1 heterocycles. The predicted molar refractivity (Wildman–Crippen MR) is 55.6 cm³/mol. The first-order chi connectivity index (χ1) is 8.00. The number of alkyl halides is 3. The first kappa shape index (κ1) is 11.5. The molecule has 90 valence electrons. The standard InChI is InChI=1S/C11H9F3N2O/c1-17-8-4-2-3-7(5-8)10-15-6-9(16-10)11(12,13)14/h2-6H,1H3,(H,15,16). The summed E-state index contributed by atoms with van der Waals surface area (Å²) in [6.07, 6.45) is -3.64. The molecule has 0 bridgehead atoms. The van der Waals surface area contributed by atoms with Crippen LogP contribution in [0, 0.1) is 0 Å². The molecule has 17 heavy (non-hydrogen) atoms. The molecular formula is C11H9F3N2O. The largest absolute Gasteiger partial charge is 0.497 e. The SMILES string of the molecule is COc1cccc(-c2ncc(C(F)(F)F)[nH]2)c1. The molecule has 0 saturated carbocycles. The number of hydrogen-bond donors (Lipinski definition) is 1. The minimum atomic E-state index is -4.41. The third-order valence-electron chi connectivity index (χ3n) is 2.22. The minimum Gasteiger partial charge on any atom is -0.497 e. The number of hydrogen-bond acceptors (Lipinski definition) is 2. The summed E-state index contributed by atoms with van der Waals surface area (Å²) >= 11 is 0. The number of ether oxygens (including phenoxy) is 1. The maximum atomic E-state index is 12.4. The summed E-state index contributed by atoms with van der Waals surface area (Å²) in [7, 11) is 1.49. The fourth-order valence-electron chi connectivity index (χ4n) is 1.38. The molecule has 0 aliphatic heterocycles. The molecule has 0 amide bonds. The molecule has 1 N–H and O–H groups in total. The maximum absolute atomic E-state index is 12.4. The Morgan fingerprint density at radius 3 is 2.65 bits per heavy atom. The number of aromatic nitrogens is 2. The number of nitrogens with one attached hydrogen (secondary N) is 1. The van der Waals surface area contributed by atoms with Crippen molar-refractivity contribution in [2.75, 3.05) is 7.11 Å². The van der Waals surface area contributed by atoms with Gasteiger partial charge in [-0.05, 0) is 12.1 Å². The van der Waals surface area contributed by atoms with Crippen molar-refractivity contribution in [2.24, 2.45) is 0 Å². The van der Waals surface area contributed by atoms with Crippen LogP contribution in [0.3, 0.4) is 0 Å². The van der Waals surface area contributed by atoms with Crippen molar-refractivity contribution < 1.29 is 17.9 Å². The van der Waals surface area contributed by atoms with E-state index in [2.05, 4.69) is 9.97 Å². The summed E-state index contributed by atoms with van der Waals surface area (Å²) < 4.78 is 42.1. The first-order valence-corrected chi connectivity index (χ1v) is 4.77. The van der Waals surface area contributed by atoms with Gasteiger partial charge in [0, 0.05) is 5.56 Å². The number of rotatable bonds is 2. The monoisotopic (exact) mass is 242 g/mol. The molecule has 0 spiro atoms. The molecular weight excluding hydrogens is 233 g/mol. The van der Waals surface area contributed by atoms with Crippen molar-refractivity contribution in [3.8, 4) is 17.1 Å². The Labute approximate surface area is 95.3 Å². The van der Waals surface area contributed by atoms with Gasteiger partial charge < -0.3 is 9.72 Å². The van der Waals surface area contributed by atoms with Crippen LogP contribution in [-0.2, 0) is 6.18 Å². The van der Waals surface area contributed by atoms with E-state index < -0.39 is 11.9 Å². The van der Waals surface area contributed by atoms with Crippen LogP contribution in [0.25, 0.3) is 11.4 Å². The lowest BCUT2D eigenvalue weighted by Crippen LogP contribution is -2.04. The molecule has 0 unspecified atom stereocenters. The van der Waals surface area contributed by atoms with Gasteiger partial charge in [0.1, 0.15) is 17.3 Å². The van der Waals surface area contributed by atoms with Crippen LogP contribution in [0.2, 0.25) is 0 Å². The predicted octanol–water partition coefficient (Wildman–Crippen LogP) is 3.10. The average Bonchev–Trinajstić information content (AvgIpc) is 2.78. The molecule has 0 saturated heterocycles. The van der Waals surface area contributed by atoms with Crippen molar-refractivity contribution in [2.45, 2.75) is 6.18 Å². The summed E-state index contributed by atoms with van der Waals surface area (Å²) in [5.41, 5.74) is -0.324. The Kier molecular flexibility index (Phi) is 2.79. The van der Waals surface area contributed by atoms with E-state index in [0.717, 1.165) is 6.20 Å². The van der Waals surface area contributed by atoms with E-state index in [4.69, 9.17) is 4.74 Å². The van der Waals surface area contributed by atoms with Crippen LogP contribution in [0.5, 0.6) is 5.75 Å². The topological polar surface area (TPSA) is 37.9 Å². The highest BCUT2D eigenvalue weighted by Crippen LogP contribution is 2.29. The van der Waals surface area contributed by atoms with E-state index in [9.17, 15) is 13.2 Å². The molecule has 3 nitrogen and oxygen atoms in total. The highest BCUT2D eigenvalue weighted by molar-refractivity contribution is 5.57. The molecule has 0 fully saturated rings. The Hall–Kier alpha value is -1.98. The van der Waals surface area contributed by atoms with E-state index >= 15 is 0 Å². The van der Waals surface area contributed by atoms with E-state index in [0.29, 0.717) is 11.3 Å². The minimum absolute atomic E-state index is 0.163. The Morgan fingerprint density at radius 2 is 2.06 bits per heavy atom. The Bertz CT molecular complexity index is 519. The highest BCUT2D eigenvalue weighted by Gasteiger charge is 2.33. The number of nitrogens with zero attached hydrogens (tertiary/aromatic N) is 1. The quantitative estimate of drug-likeness (QED) is 0.878. The summed E-state index contributed by atoms with van der Waals surface area (Å²) in [5, 5.41) is 0. The van der Waals surface area contributed by atoms with E-state index in [1.807, 2.05) is 0 Å². The van der Waals surface area contributed by atoms with E-state index in [1.165, 1.54) is 7.11 Å². The van der Waals surface area contributed by atoms with E-state index in [-0.39, 0.29) is 5.82 Å². The summed E-state index contributed by atoms with van der Waals surface area (Å²) in [6.45, 7) is 0. The smallest absolute Gasteiger partial charge is 0.432 e. The molecule has 0 aliphatic carbocycles. The molecule has 2 aromatic rings. The van der Waals surface area contributed by atoms with Gasteiger partial charge in [-0.15, -0.1) is 0 Å². The van der Waals surface area contributed by atoms with Gasteiger partial charge >= 0.3 is 6.18 Å². The molecule has 1 aromatic carbocycles. The fourth-order valence-corrected chi connectivity index (χ4v) is 1.38. The second kappa shape index (κ2) is 4.12. The van der Waals surface area contributed by atoms with Crippen LogP contribution < -0.4 is 4.74 Å². The summed E-state index contributed by atoms with van der Waals surface area (Å²) in [5.74, 6) is 0.726. The van der Waals surface area contributed by atoms with Crippen LogP contribution in [0.15, 0.2) is 30.5 Å². The maximum Gasteiger partial charge on any atom is 0.432 e. The molecule has 0 radical (unpaired) electrons.